The molecule has 0 aliphatic rings. The lowest BCUT2D eigenvalue weighted by Crippen LogP contribution is -2.20. The van der Waals surface area contributed by atoms with Crippen molar-refractivity contribution in [2.24, 2.45) is 0 Å². The molecule has 1 unspecified atom stereocenters. The predicted molar refractivity (Wildman–Crippen MR) is 116 cm³/mol. The molecule has 0 aliphatic carbocycles. The van der Waals surface area contributed by atoms with Gasteiger partial charge in [0.2, 0.25) is 0 Å². The summed E-state index contributed by atoms with van der Waals surface area (Å²) < 4.78 is 7.68. The number of aliphatic hydroxyl groups is 1. The van der Waals surface area contributed by atoms with E-state index in [2.05, 4.69) is 37.0 Å². The zero-order valence-electron chi connectivity index (χ0n) is 17.0. The maximum atomic E-state index is 11.7. The van der Waals surface area contributed by atoms with Crippen LogP contribution in [0, 0.1) is 13.8 Å². The Morgan fingerprint density at radius 1 is 1.17 bits per heavy atom. The number of ketones is 1. The predicted octanol–water partition coefficient (Wildman–Crippen LogP) is 4.61. The highest BCUT2D eigenvalue weighted by Gasteiger charge is 2.12. The molecule has 3 aromatic rings. The van der Waals surface area contributed by atoms with Gasteiger partial charge in [-0.2, -0.15) is 0 Å². The molecule has 0 radical (unpaired) electrons. The normalized spacial score (nSPS) is 12.0. The Hall–Kier alpha value is -2.57. The molecule has 0 saturated carbocycles. The van der Waals surface area contributed by atoms with Gasteiger partial charge in [0.25, 0.3) is 0 Å². The molecule has 1 heterocycles. The summed E-state index contributed by atoms with van der Waals surface area (Å²) in [6.45, 7) is 6.17. The van der Waals surface area contributed by atoms with Gasteiger partial charge in [-0.3, -0.25) is 9.36 Å². The Bertz CT molecular complexity index is 946. The fraction of sp³-hybridized carbons (Fsp3) is 0.304. The molecule has 1 aromatic heterocycles. The average molecular weight is 411 g/mol. The lowest BCUT2D eigenvalue weighted by Gasteiger charge is -2.13. The minimum atomic E-state index is -0.638. The van der Waals surface area contributed by atoms with E-state index >= 15 is 0 Å². The van der Waals surface area contributed by atoms with Crippen molar-refractivity contribution in [1.29, 1.82) is 0 Å². The van der Waals surface area contributed by atoms with Crippen molar-refractivity contribution < 1.29 is 14.6 Å². The zero-order valence-corrected chi connectivity index (χ0v) is 17.8. The summed E-state index contributed by atoms with van der Waals surface area (Å²) in [6.07, 6.45) is 3.54. The quantitative estimate of drug-likeness (QED) is 0.412. The third kappa shape index (κ3) is 5.71. The molecule has 152 valence electrons. The van der Waals surface area contributed by atoms with Gasteiger partial charge in [-0.1, -0.05) is 24.8 Å². The zero-order chi connectivity index (χ0) is 20.8. The summed E-state index contributed by atoms with van der Waals surface area (Å²) in [5.74, 6) is 1.21. The number of aryl methyl sites for hydroxylation is 2. The van der Waals surface area contributed by atoms with Crippen molar-refractivity contribution >= 4 is 17.5 Å². The molecule has 0 saturated heterocycles. The average Bonchev–Trinajstić information content (AvgIpc) is 3.18. The second-order valence-electron chi connectivity index (χ2n) is 7.00. The van der Waals surface area contributed by atoms with E-state index in [0.717, 1.165) is 10.8 Å². The van der Waals surface area contributed by atoms with Crippen molar-refractivity contribution in [2.45, 2.75) is 38.5 Å². The summed E-state index contributed by atoms with van der Waals surface area (Å²) in [6, 6.07) is 13.4. The number of hydrogen-bond acceptors (Lipinski definition) is 5. The van der Waals surface area contributed by atoms with E-state index in [0.29, 0.717) is 23.5 Å². The Morgan fingerprint density at radius 3 is 2.52 bits per heavy atom. The van der Waals surface area contributed by atoms with Crippen molar-refractivity contribution in [3.05, 3.63) is 71.5 Å². The number of carbonyl (C=O) groups is 1. The highest BCUT2D eigenvalue weighted by atomic mass is 32.2. The van der Waals surface area contributed by atoms with E-state index in [-0.39, 0.29) is 12.4 Å². The lowest BCUT2D eigenvalue weighted by atomic mass is 10.1. The second-order valence-corrected chi connectivity index (χ2v) is 7.99. The van der Waals surface area contributed by atoms with Crippen LogP contribution < -0.4 is 4.74 Å². The number of nitrogens with zero attached hydrogens (tertiary/aromatic N) is 2. The molecule has 1 N–H and O–H groups in total. The van der Waals surface area contributed by atoms with Crippen molar-refractivity contribution in [3.8, 4) is 11.4 Å². The lowest BCUT2D eigenvalue weighted by molar-refractivity contribution is 0.0987. The topological polar surface area (TPSA) is 64.3 Å². The Kier molecular flexibility index (Phi) is 7.12. The first-order valence-electron chi connectivity index (χ1n) is 9.65. The molecule has 0 fully saturated rings. The van der Waals surface area contributed by atoms with Crippen LogP contribution in [0.4, 0.5) is 0 Å². The minimum Gasteiger partial charge on any atom is -0.491 e. The molecule has 6 heteroatoms. The number of carbonyl (C=O) groups excluding carboxylic acids is 1. The summed E-state index contributed by atoms with van der Waals surface area (Å²) >= 11 is 1.49. The second kappa shape index (κ2) is 9.76. The number of imidazole rings is 1. The van der Waals surface area contributed by atoms with Gasteiger partial charge >= 0.3 is 0 Å². The van der Waals surface area contributed by atoms with Crippen LogP contribution in [0.25, 0.3) is 5.69 Å². The van der Waals surface area contributed by atoms with E-state index < -0.39 is 6.10 Å². The monoisotopic (exact) mass is 410 g/mol. The van der Waals surface area contributed by atoms with Crippen LogP contribution in [0.2, 0.25) is 0 Å². The van der Waals surface area contributed by atoms with E-state index in [1.807, 2.05) is 17.7 Å². The van der Waals surface area contributed by atoms with Crippen molar-refractivity contribution in [1.82, 2.24) is 9.55 Å². The minimum absolute atomic E-state index is 0.104. The largest absolute Gasteiger partial charge is 0.491 e. The van der Waals surface area contributed by atoms with Crippen LogP contribution in [0.3, 0.4) is 0 Å². The highest BCUT2D eigenvalue weighted by molar-refractivity contribution is 7.99. The van der Waals surface area contributed by atoms with Crippen LogP contribution in [0.5, 0.6) is 5.75 Å². The molecule has 0 amide bonds. The summed E-state index contributed by atoms with van der Waals surface area (Å²) in [4.78, 5) is 16.1. The number of aliphatic hydroxyl groups excluding tert-OH is 1. The van der Waals surface area contributed by atoms with Gasteiger partial charge in [0.1, 0.15) is 12.4 Å². The van der Waals surface area contributed by atoms with Gasteiger partial charge in [-0.15, -0.1) is 0 Å². The van der Waals surface area contributed by atoms with Gasteiger partial charge < -0.3 is 9.84 Å². The van der Waals surface area contributed by atoms with Gasteiger partial charge in [0.15, 0.2) is 10.9 Å². The summed E-state index contributed by atoms with van der Waals surface area (Å²) in [7, 11) is 0. The van der Waals surface area contributed by atoms with E-state index in [1.54, 1.807) is 30.5 Å². The van der Waals surface area contributed by atoms with Crippen LogP contribution in [0.1, 0.15) is 34.8 Å². The maximum absolute atomic E-state index is 11.7. The summed E-state index contributed by atoms with van der Waals surface area (Å²) in [5, 5.41) is 11.1. The molecule has 0 spiro atoms. The number of Topliss-reactive ketones (excluding diaryl/α,β-unsaturated/α-hetero) is 1. The van der Waals surface area contributed by atoms with Gasteiger partial charge in [0, 0.05) is 35.8 Å². The Labute approximate surface area is 175 Å². The third-order valence-electron chi connectivity index (χ3n) is 4.44. The van der Waals surface area contributed by atoms with Crippen LogP contribution in [0.15, 0.2) is 60.0 Å². The fourth-order valence-electron chi connectivity index (χ4n) is 3.04. The molecule has 29 heavy (non-hydrogen) atoms. The molecule has 0 aliphatic heterocycles. The first-order valence-corrected chi connectivity index (χ1v) is 10.6. The molecular weight excluding hydrogens is 384 g/mol. The van der Waals surface area contributed by atoms with Crippen LogP contribution in [-0.4, -0.2) is 38.9 Å². The van der Waals surface area contributed by atoms with Gasteiger partial charge in [0.05, 0.1) is 6.10 Å². The first-order chi connectivity index (χ1) is 14.0. The SMILES string of the molecule is CCC(=O)c1ccc(OCC(O)CSc2nccn2-c2cc(C)cc(C)c2)cc1. The van der Waals surface area contributed by atoms with Crippen molar-refractivity contribution in [3.63, 3.8) is 0 Å². The van der Waals surface area contributed by atoms with E-state index in [4.69, 9.17) is 4.74 Å². The Morgan fingerprint density at radius 2 is 1.86 bits per heavy atom. The van der Waals surface area contributed by atoms with Crippen molar-refractivity contribution in [2.75, 3.05) is 12.4 Å². The highest BCUT2D eigenvalue weighted by Crippen LogP contribution is 2.23. The third-order valence-corrected chi connectivity index (χ3v) is 5.55. The number of aromatic nitrogens is 2. The standard InChI is InChI=1S/C23H26N2O3S/c1-4-22(27)18-5-7-21(8-6-18)28-14-20(26)15-29-23-24-9-10-25(23)19-12-16(2)11-17(3)13-19/h5-13,20,26H,4,14-15H2,1-3H3. The molecule has 0 bridgehead atoms. The number of thioether (sulfide) groups is 1. The number of hydrogen-bond donors (Lipinski definition) is 1. The van der Waals surface area contributed by atoms with Gasteiger partial charge in [-0.25, -0.2) is 4.98 Å². The van der Waals surface area contributed by atoms with E-state index in [9.17, 15) is 9.90 Å². The van der Waals surface area contributed by atoms with E-state index in [1.165, 1.54) is 22.9 Å². The number of rotatable bonds is 9. The molecule has 3 rings (SSSR count). The molecule has 2 aromatic carbocycles. The Balaban J connectivity index is 1.54. The smallest absolute Gasteiger partial charge is 0.172 e. The number of benzene rings is 2. The molecule has 1 atom stereocenters. The maximum Gasteiger partial charge on any atom is 0.172 e. The number of ether oxygens (including phenoxy) is 1. The van der Waals surface area contributed by atoms with Gasteiger partial charge in [-0.05, 0) is 61.4 Å². The van der Waals surface area contributed by atoms with Crippen LogP contribution in [-0.2, 0) is 0 Å². The van der Waals surface area contributed by atoms with Crippen LogP contribution >= 0.6 is 11.8 Å². The molecular formula is C23H26N2O3S. The fourth-order valence-corrected chi connectivity index (χ4v) is 3.91. The summed E-state index contributed by atoms with van der Waals surface area (Å²) in [5.41, 5.74) is 4.14. The molecule has 5 nitrogen and oxygen atoms in total. The first kappa shape index (κ1) is 21.1.